The highest BCUT2D eigenvalue weighted by atomic mass is 16.2. The Labute approximate surface area is 155 Å². The number of carbonyl (C=O) groups excluding carboxylic acids is 2. The van der Waals surface area contributed by atoms with Gasteiger partial charge in [0.15, 0.2) is 0 Å². The van der Waals surface area contributed by atoms with E-state index in [1.807, 2.05) is 51.4 Å². The molecule has 2 aromatic carbocycles. The number of carbonyl (C=O) groups is 2. The van der Waals surface area contributed by atoms with Gasteiger partial charge in [-0.3, -0.25) is 9.59 Å². The van der Waals surface area contributed by atoms with Crippen LogP contribution in [0, 0.1) is 0 Å². The first-order valence-electron chi connectivity index (χ1n) is 8.93. The standard InChI is InChI=1S/C21H27N3O2/c1-4-24(19-9-6-5-7-10-19)21(26)18-13-11-17(12-14-18)20(25)22-15-8-16-23(2)3/h5-7,9-14H,4,8,15-16H2,1-3H3,(H,22,25). The number of benzene rings is 2. The fourth-order valence-corrected chi connectivity index (χ4v) is 2.67. The Morgan fingerprint density at radius 2 is 1.54 bits per heavy atom. The van der Waals surface area contributed by atoms with Crippen LogP contribution in [0.15, 0.2) is 54.6 Å². The van der Waals surface area contributed by atoms with Gasteiger partial charge in [0.25, 0.3) is 11.8 Å². The highest BCUT2D eigenvalue weighted by Gasteiger charge is 2.16. The lowest BCUT2D eigenvalue weighted by Crippen LogP contribution is -2.30. The van der Waals surface area contributed by atoms with Crippen LogP contribution in [0.25, 0.3) is 0 Å². The van der Waals surface area contributed by atoms with Crippen molar-refractivity contribution in [3.8, 4) is 0 Å². The molecule has 0 saturated heterocycles. The topological polar surface area (TPSA) is 52.7 Å². The molecule has 0 saturated carbocycles. The molecule has 0 aliphatic rings. The summed E-state index contributed by atoms with van der Waals surface area (Å²) in [6.45, 7) is 4.09. The Morgan fingerprint density at radius 1 is 0.923 bits per heavy atom. The number of anilines is 1. The second kappa shape index (κ2) is 9.73. The van der Waals surface area contributed by atoms with Gasteiger partial charge in [0.1, 0.15) is 0 Å². The molecule has 0 radical (unpaired) electrons. The van der Waals surface area contributed by atoms with E-state index in [-0.39, 0.29) is 11.8 Å². The van der Waals surface area contributed by atoms with Crippen molar-refractivity contribution in [2.24, 2.45) is 0 Å². The zero-order valence-electron chi connectivity index (χ0n) is 15.7. The summed E-state index contributed by atoms with van der Waals surface area (Å²) < 4.78 is 0. The van der Waals surface area contributed by atoms with Gasteiger partial charge in [-0.2, -0.15) is 0 Å². The first-order valence-corrected chi connectivity index (χ1v) is 8.93. The Morgan fingerprint density at radius 3 is 2.12 bits per heavy atom. The van der Waals surface area contributed by atoms with Gasteiger partial charge in [0.2, 0.25) is 0 Å². The minimum atomic E-state index is -0.113. The maximum Gasteiger partial charge on any atom is 0.258 e. The fourth-order valence-electron chi connectivity index (χ4n) is 2.67. The third kappa shape index (κ3) is 5.43. The molecule has 0 bridgehead atoms. The lowest BCUT2D eigenvalue weighted by molar-refractivity contribution is 0.0949. The van der Waals surface area contributed by atoms with Crippen LogP contribution in [0.5, 0.6) is 0 Å². The Balaban J connectivity index is 1.99. The molecule has 2 rings (SSSR count). The summed E-state index contributed by atoms with van der Waals surface area (Å²) in [6.07, 6.45) is 0.901. The molecule has 26 heavy (non-hydrogen) atoms. The molecule has 1 N–H and O–H groups in total. The van der Waals surface area contributed by atoms with E-state index in [1.54, 1.807) is 29.2 Å². The van der Waals surface area contributed by atoms with Crippen molar-refractivity contribution in [1.82, 2.24) is 10.2 Å². The molecule has 0 atom stereocenters. The van der Waals surface area contributed by atoms with Crippen LogP contribution in [0.4, 0.5) is 5.69 Å². The molecule has 138 valence electrons. The van der Waals surface area contributed by atoms with Gasteiger partial charge in [-0.05, 0) is 70.4 Å². The first-order chi connectivity index (χ1) is 12.5. The number of rotatable bonds is 8. The van der Waals surface area contributed by atoms with Gasteiger partial charge in [-0.25, -0.2) is 0 Å². The summed E-state index contributed by atoms with van der Waals surface area (Å²) in [7, 11) is 4.01. The van der Waals surface area contributed by atoms with Gasteiger partial charge in [-0.1, -0.05) is 18.2 Å². The molecule has 0 aromatic heterocycles. The number of para-hydroxylation sites is 1. The minimum absolute atomic E-state index is 0.0726. The zero-order chi connectivity index (χ0) is 18.9. The second-order valence-electron chi connectivity index (χ2n) is 6.38. The summed E-state index contributed by atoms with van der Waals surface area (Å²) in [5.74, 6) is -0.185. The SMILES string of the molecule is CCN(C(=O)c1ccc(C(=O)NCCCN(C)C)cc1)c1ccccc1. The maximum absolute atomic E-state index is 12.8. The van der Waals surface area contributed by atoms with Crippen molar-refractivity contribution in [2.45, 2.75) is 13.3 Å². The van der Waals surface area contributed by atoms with Crippen molar-refractivity contribution < 1.29 is 9.59 Å². The fraction of sp³-hybridized carbons (Fsp3) is 0.333. The molecule has 0 heterocycles. The third-order valence-electron chi connectivity index (χ3n) is 4.09. The lowest BCUT2D eigenvalue weighted by Gasteiger charge is -2.21. The predicted octanol–water partition coefficient (Wildman–Crippen LogP) is 3.03. The van der Waals surface area contributed by atoms with Crippen LogP contribution in [-0.2, 0) is 0 Å². The van der Waals surface area contributed by atoms with Gasteiger partial charge in [0, 0.05) is 29.9 Å². The van der Waals surface area contributed by atoms with E-state index in [0.717, 1.165) is 18.7 Å². The van der Waals surface area contributed by atoms with Crippen LogP contribution >= 0.6 is 0 Å². The molecule has 0 fully saturated rings. The number of nitrogens with one attached hydrogen (secondary N) is 1. The summed E-state index contributed by atoms with van der Waals surface area (Å²) in [5, 5.41) is 2.90. The molecule has 2 amide bonds. The zero-order valence-corrected chi connectivity index (χ0v) is 15.7. The van der Waals surface area contributed by atoms with Crippen LogP contribution in [0.3, 0.4) is 0 Å². The quantitative estimate of drug-likeness (QED) is 0.742. The van der Waals surface area contributed by atoms with Crippen LogP contribution < -0.4 is 10.2 Å². The summed E-state index contributed by atoms with van der Waals surface area (Å²) in [4.78, 5) is 28.7. The van der Waals surface area contributed by atoms with Gasteiger partial charge in [-0.15, -0.1) is 0 Å². The van der Waals surface area contributed by atoms with Crippen LogP contribution in [0.1, 0.15) is 34.1 Å². The number of hydrogen-bond donors (Lipinski definition) is 1. The highest BCUT2D eigenvalue weighted by Crippen LogP contribution is 2.17. The molecule has 0 aliphatic heterocycles. The minimum Gasteiger partial charge on any atom is -0.352 e. The average Bonchev–Trinajstić information content (AvgIpc) is 2.66. The summed E-state index contributed by atoms with van der Waals surface area (Å²) >= 11 is 0. The smallest absolute Gasteiger partial charge is 0.258 e. The van der Waals surface area contributed by atoms with E-state index in [2.05, 4.69) is 10.2 Å². The van der Waals surface area contributed by atoms with Crippen LogP contribution in [-0.4, -0.2) is 50.4 Å². The van der Waals surface area contributed by atoms with Crippen molar-refractivity contribution in [2.75, 3.05) is 38.6 Å². The average molecular weight is 353 g/mol. The molecular formula is C21H27N3O2. The first kappa shape index (κ1) is 19.7. The molecule has 2 aromatic rings. The number of hydrogen-bond acceptors (Lipinski definition) is 3. The van der Waals surface area contributed by atoms with E-state index in [1.165, 1.54) is 0 Å². The number of amides is 2. The molecular weight excluding hydrogens is 326 g/mol. The van der Waals surface area contributed by atoms with Crippen molar-refractivity contribution in [3.05, 3.63) is 65.7 Å². The Kier molecular flexibility index (Phi) is 7.36. The third-order valence-corrected chi connectivity index (χ3v) is 4.09. The second-order valence-corrected chi connectivity index (χ2v) is 6.38. The van der Waals surface area contributed by atoms with E-state index >= 15 is 0 Å². The van der Waals surface area contributed by atoms with E-state index in [0.29, 0.717) is 24.2 Å². The molecule has 0 aliphatic carbocycles. The largest absolute Gasteiger partial charge is 0.352 e. The van der Waals surface area contributed by atoms with E-state index in [9.17, 15) is 9.59 Å². The Hall–Kier alpha value is -2.66. The molecule has 0 unspecified atom stereocenters. The van der Waals surface area contributed by atoms with Gasteiger partial charge >= 0.3 is 0 Å². The normalized spacial score (nSPS) is 10.6. The highest BCUT2D eigenvalue weighted by molar-refractivity contribution is 6.06. The number of nitrogens with zero attached hydrogens (tertiary/aromatic N) is 2. The van der Waals surface area contributed by atoms with Crippen molar-refractivity contribution >= 4 is 17.5 Å². The predicted molar refractivity (Wildman–Crippen MR) is 106 cm³/mol. The van der Waals surface area contributed by atoms with Crippen LogP contribution in [0.2, 0.25) is 0 Å². The maximum atomic E-state index is 12.8. The van der Waals surface area contributed by atoms with Crippen molar-refractivity contribution in [3.63, 3.8) is 0 Å². The van der Waals surface area contributed by atoms with E-state index in [4.69, 9.17) is 0 Å². The summed E-state index contributed by atoms with van der Waals surface area (Å²) in [6, 6.07) is 16.4. The van der Waals surface area contributed by atoms with Gasteiger partial charge < -0.3 is 15.1 Å². The van der Waals surface area contributed by atoms with Crippen molar-refractivity contribution in [1.29, 1.82) is 0 Å². The van der Waals surface area contributed by atoms with Gasteiger partial charge in [0.05, 0.1) is 0 Å². The van der Waals surface area contributed by atoms with E-state index < -0.39 is 0 Å². The summed E-state index contributed by atoms with van der Waals surface area (Å²) in [5.41, 5.74) is 2.00. The monoisotopic (exact) mass is 353 g/mol. The molecule has 0 spiro atoms. The lowest BCUT2D eigenvalue weighted by atomic mass is 10.1. The Bertz CT molecular complexity index is 712. The molecule has 5 nitrogen and oxygen atoms in total. The molecule has 5 heteroatoms.